The van der Waals surface area contributed by atoms with Crippen LogP contribution in [0.4, 0.5) is 0 Å². The number of nitrogens with one attached hydrogen (secondary N) is 2. The van der Waals surface area contributed by atoms with Gasteiger partial charge in [-0.3, -0.25) is 4.79 Å². The normalized spacial score (nSPS) is 23.0. The molecule has 0 radical (unpaired) electrons. The molecule has 1 saturated carbocycles. The van der Waals surface area contributed by atoms with Crippen LogP contribution in [0.3, 0.4) is 0 Å². The van der Waals surface area contributed by atoms with E-state index < -0.39 is 0 Å². The van der Waals surface area contributed by atoms with Gasteiger partial charge in [-0.15, -0.1) is 0 Å². The van der Waals surface area contributed by atoms with E-state index in [9.17, 15) is 9.90 Å². The molecule has 2 atom stereocenters. The molecular weight excluding hydrogens is 340 g/mol. The summed E-state index contributed by atoms with van der Waals surface area (Å²) in [6, 6.07) is 7.56. The molecule has 0 saturated heterocycles. The maximum absolute atomic E-state index is 12.0. The van der Waals surface area contributed by atoms with Gasteiger partial charge in [0.25, 0.3) is 5.91 Å². The fourth-order valence-electron chi connectivity index (χ4n) is 3.40. The van der Waals surface area contributed by atoms with Crippen molar-refractivity contribution < 1.29 is 9.90 Å². The molecule has 27 heavy (non-hydrogen) atoms. The Labute approximate surface area is 163 Å². The van der Waals surface area contributed by atoms with Gasteiger partial charge in [0, 0.05) is 38.2 Å². The van der Waals surface area contributed by atoms with Gasteiger partial charge in [-0.1, -0.05) is 31.9 Å². The van der Waals surface area contributed by atoms with Crippen molar-refractivity contribution in [1.29, 1.82) is 0 Å². The Hall–Kier alpha value is -2.08. The van der Waals surface area contributed by atoms with Gasteiger partial charge in [0.1, 0.15) is 0 Å². The third-order valence-corrected chi connectivity index (χ3v) is 5.31. The molecule has 1 amide bonds. The van der Waals surface area contributed by atoms with Gasteiger partial charge >= 0.3 is 0 Å². The number of aliphatic hydroxyl groups excluding tert-OH is 1. The van der Waals surface area contributed by atoms with Gasteiger partial charge < -0.3 is 20.6 Å². The minimum absolute atomic E-state index is 0.000611. The maximum Gasteiger partial charge on any atom is 0.253 e. The lowest BCUT2D eigenvalue weighted by atomic mass is 9.73. The fourth-order valence-corrected chi connectivity index (χ4v) is 3.40. The van der Waals surface area contributed by atoms with Crippen LogP contribution in [0.15, 0.2) is 29.3 Å². The molecule has 0 aromatic heterocycles. The Kier molecular flexibility index (Phi) is 7.66. The van der Waals surface area contributed by atoms with Gasteiger partial charge in [-0.25, -0.2) is 4.99 Å². The monoisotopic (exact) mass is 374 g/mol. The number of guanidine groups is 1. The number of nitrogens with zero attached hydrogens (tertiary/aromatic N) is 2. The highest BCUT2D eigenvalue weighted by molar-refractivity contribution is 5.93. The number of aliphatic hydroxyl groups is 1. The average Bonchev–Trinajstić information content (AvgIpc) is 2.66. The number of rotatable bonds is 6. The first-order valence-electron chi connectivity index (χ1n) is 9.86. The number of benzene rings is 1. The first kappa shape index (κ1) is 21.2. The molecule has 6 heteroatoms. The summed E-state index contributed by atoms with van der Waals surface area (Å²) in [5.41, 5.74) is 1.62. The van der Waals surface area contributed by atoms with E-state index in [0.29, 0.717) is 18.7 Å². The Bertz CT molecular complexity index is 642. The van der Waals surface area contributed by atoms with Crippen molar-refractivity contribution in [1.82, 2.24) is 15.5 Å². The van der Waals surface area contributed by atoms with E-state index in [0.717, 1.165) is 37.3 Å². The molecule has 0 aliphatic heterocycles. The standard InChI is InChI=1S/C21H34N4O2/c1-5-22-20(24-15-21(2)13-7-6-8-18(21)26)23-14-16-9-11-17(12-10-16)19(27)25(3)4/h9-12,18,26H,5-8,13-15H2,1-4H3,(H2,22,23,24). The van der Waals surface area contributed by atoms with Crippen LogP contribution in [0.5, 0.6) is 0 Å². The molecule has 2 unspecified atom stereocenters. The molecule has 0 spiro atoms. The predicted octanol–water partition coefficient (Wildman–Crippen LogP) is 2.38. The highest BCUT2D eigenvalue weighted by Crippen LogP contribution is 2.35. The summed E-state index contributed by atoms with van der Waals surface area (Å²) in [6.07, 6.45) is 3.92. The smallest absolute Gasteiger partial charge is 0.253 e. The van der Waals surface area contributed by atoms with Crippen LogP contribution in [0, 0.1) is 5.41 Å². The van der Waals surface area contributed by atoms with E-state index in [1.165, 1.54) is 6.42 Å². The fraction of sp³-hybridized carbons (Fsp3) is 0.619. The van der Waals surface area contributed by atoms with Crippen molar-refractivity contribution in [3.05, 3.63) is 35.4 Å². The second-order valence-electron chi connectivity index (χ2n) is 7.86. The first-order valence-corrected chi connectivity index (χ1v) is 9.86. The predicted molar refractivity (Wildman–Crippen MR) is 110 cm³/mol. The summed E-state index contributed by atoms with van der Waals surface area (Å²) >= 11 is 0. The summed E-state index contributed by atoms with van der Waals surface area (Å²) in [5.74, 6) is 0.754. The Morgan fingerprint density at radius 2 is 1.96 bits per heavy atom. The van der Waals surface area contributed by atoms with Gasteiger partial charge in [-0.2, -0.15) is 0 Å². The largest absolute Gasteiger partial charge is 0.392 e. The summed E-state index contributed by atoms with van der Waals surface area (Å²) < 4.78 is 0. The third kappa shape index (κ3) is 5.96. The topological polar surface area (TPSA) is 77.0 Å². The second kappa shape index (κ2) is 9.74. The zero-order chi connectivity index (χ0) is 19.9. The summed E-state index contributed by atoms with van der Waals surface area (Å²) in [4.78, 5) is 18.2. The quantitative estimate of drug-likeness (QED) is 0.528. The lowest BCUT2D eigenvalue weighted by molar-refractivity contribution is 0.00397. The van der Waals surface area contributed by atoms with Gasteiger partial charge in [-0.05, 0) is 37.5 Å². The van der Waals surface area contributed by atoms with Crippen molar-refractivity contribution in [2.45, 2.75) is 52.2 Å². The van der Waals surface area contributed by atoms with Crippen LogP contribution >= 0.6 is 0 Å². The molecule has 150 valence electrons. The zero-order valence-corrected chi connectivity index (χ0v) is 17.1. The van der Waals surface area contributed by atoms with Crippen LogP contribution in [0.1, 0.15) is 55.5 Å². The van der Waals surface area contributed by atoms with Crippen LogP contribution < -0.4 is 10.6 Å². The molecule has 1 fully saturated rings. The lowest BCUT2D eigenvalue weighted by Gasteiger charge is -2.38. The van der Waals surface area contributed by atoms with Crippen molar-refractivity contribution in [3.8, 4) is 0 Å². The number of carbonyl (C=O) groups excluding carboxylic acids is 1. The molecule has 1 aromatic rings. The summed E-state index contributed by atoms with van der Waals surface area (Å²) in [7, 11) is 3.50. The number of hydrogen-bond acceptors (Lipinski definition) is 3. The Morgan fingerprint density at radius 1 is 1.26 bits per heavy atom. The van der Waals surface area contributed by atoms with Gasteiger partial charge in [0.15, 0.2) is 5.96 Å². The van der Waals surface area contributed by atoms with E-state index in [1.54, 1.807) is 19.0 Å². The molecule has 3 N–H and O–H groups in total. The highest BCUT2D eigenvalue weighted by Gasteiger charge is 2.35. The zero-order valence-electron chi connectivity index (χ0n) is 17.1. The molecule has 2 rings (SSSR count). The van der Waals surface area contributed by atoms with Crippen molar-refractivity contribution in [3.63, 3.8) is 0 Å². The minimum Gasteiger partial charge on any atom is -0.392 e. The van der Waals surface area contributed by atoms with Crippen LogP contribution in [-0.4, -0.2) is 55.2 Å². The maximum atomic E-state index is 12.0. The third-order valence-electron chi connectivity index (χ3n) is 5.31. The van der Waals surface area contributed by atoms with Gasteiger partial charge in [0.2, 0.25) is 0 Å². The minimum atomic E-state index is -0.261. The highest BCUT2D eigenvalue weighted by atomic mass is 16.3. The summed E-state index contributed by atoms with van der Waals surface area (Å²) in [5, 5.41) is 17.0. The number of amides is 1. The lowest BCUT2D eigenvalue weighted by Crippen LogP contribution is -2.48. The molecule has 0 bridgehead atoms. The average molecular weight is 375 g/mol. The number of aliphatic imine (C=N–C) groups is 1. The van der Waals surface area contributed by atoms with Crippen molar-refractivity contribution in [2.24, 2.45) is 10.4 Å². The number of carbonyl (C=O) groups is 1. The molecule has 1 aromatic carbocycles. The van der Waals surface area contributed by atoms with E-state index in [4.69, 9.17) is 0 Å². The van der Waals surface area contributed by atoms with Crippen LogP contribution in [0.2, 0.25) is 0 Å². The van der Waals surface area contributed by atoms with E-state index in [-0.39, 0.29) is 17.4 Å². The van der Waals surface area contributed by atoms with Crippen molar-refractivity contribution in [2.75, 3.05) is 27.2 Å². The Morgan fingerprint density at radius 3 is 2.56 bits per heavy atom. The first-order chi connectivity index (χ1) is 12.9. The van der Waals surface area contributed by atoms with Crippen LogP contribution in [0.25, 0.3) is 0 Å². The SMILES string of the molecule is CCNC(=NCc1ccc(C(=O)N(C)C)cc1)NCC1(C)CCCCC1O. The van der Waals surface area contributed by atoms with E-state index in [2.05, 4.69) is 22.5 Å². The van der Waals surface area contributed by atoms with E-state index in [1.807, 2.05) is 31.2 Å². The van der Waals surface area contributed by atoms with Crippen LogP contribution in [-0.2, 0) is 6.54 Å². The molecular formula is C21H34N4O2. The second-order valence-corrected chi connectivity index (χ2v) is 7.86. The number of hydrogen-bond donors (Lipinski definition) is 3. The van der Waals surface area contributed by atoms with Crippen molar-refractivity contribution >= 4 is 11.9 Å². The van der Waals surface area contributed by atoms with Gasteiger partial charge in [0.05, 0.1) is 12.6 Å². The molecule has 1 aliphatic carbocycles. The Balaban J connectivity index is 1.97. The summed E-state index contributed by atoms with van der Waals surface area (Å²) in [6.45, 7) is 6.20. The molecule has 6 nitrogen and oxygen atoms in total. The molecule has 0 heterocycles. The van der Waals surface area contributed by atoms with E-state index >= 15 is 0 Å². The molecule has 1 aliphatic rings.